The van der Waals surface area contributed by atoms with Crippen LogP contribution < -0.4 is 5.32 Å². The van der Waals surface area contributed by atoms with E-state index >= 15 is 0 Å². The smallest absolute Gasteiger partial charge is 0.410 e. The van der Waals surface area contributed by atoms with E-state index in [1.165, 1.54) is 11.8 Å². The van der Waals surface area contributed by atoms with Gasteiger partial charge in [-0.25, -0.2) is 9.79 Å². The number of fused-ring (bicyclic) bond motifs is 1. The van der Waals surface area contributed by atoms with Crippen molar-refractivity contribution in [3.8, 4) is 0 Å². The molecule has 1 amide bonds. The number of benzene rings is 1. The topological polar surface area (TPSA) is 70.9 Å². The van der Waals surface area contributed by atoms with Crippen molar-refractivity contribution >= 4 is 56.2 Å². The van der Waals surface area contributed by atoms with Crippen molar-refractivity contribution < 1.29 is 14.6 Å². The number of nitrogens with zero attached hydrogens (tertiary/aromatic N) is 1. The second-order valence-corrected chi connectivity index (χ2v) is 6.36. The molecular formula is C12H12BrClN2O3S. The van der Waals surface area contributed by atoms with Crippen LogP contribution in [0.5, 0.6) is 0 Å². The van der Waals surface area contributed by atoms with Crippen molar-refractivity contribution in [2.75, 3.05) is 5.75 Å². The number of hydrogen-bond donors (Lipinski definition) is 2. The number of rotatable bonds is 2. The highest BCUT2D eigenvalue weighted by atomic mass is 79.9. The fraction of sp³-hybridized carbons (Fsp3) is 0.333. The zero-order valence-electron chi connectivity index (χ0n) is 10.6. The van der Waals surface area contributed by atoms with E-state index in [0.717, 1.165) is 15.6 Å². The summed E-state index contributed by atoms with van der Waals surface area (Å²) < 4.78 is 6.12. The van der Waals surface area contributed by atoms with Gasteiger partial charge < -0.3 is 9.84 Å². The Morgan fingerprint density at radius 2 is 2.40 bits per heavy atom. The third kappa shape index (κ3) is 3.46. The van der Waals surface area contributed by atoms with Gasteiger partial charge in [-0.1, -0.05) is 30.3 Å². The molecule has 8 heteroatoms. The zero-order valence-corrected chi connectivity index (χ0v) is 13.7. The summed E-state index contributed by atoms with van der Waals surface area (Å²) in [6, 6.07) is 1.83. The molecule has 0 bridgehead atoms. The largest absolute Gasteiger partial charge is 0.465 e. The molecule has 5 nitrogen and oxygen atoms in total. The van der Waals surface area contributed by atoms with E-state index < -0.39 is 6.09 Å². The highest BCUT2D eigenvalue weighted by Gasteiger charge is 2.20. The Morgan fingerprint density at radius 3 is 3.05 bits per heavy atom. The monoisotopic (exact) mass is 378 g/mol. The molecule has 2 rings (SSSR count). The molecule has 0 unspecified atom stereocenters. The average Bonchev–Trinajstić information content (AvgIpc) is 2.83. The number of nitrogens with one attached hydrogen (secondary N) is 1. The van der Waals surface area contributed by atoms with Gasteiger partial charge in [0.1, 0.15) is 0 Å². The fourth-order valence-corrected chi connectivity index (χ4v) is 3.14. The molecule has 0 aromatic heterocycles. The molecule has 0 saturated heterocycles. The van der Waals surface area contributed by atoms with Crippen LogP contribution in [-0.4, -0.2) is 22.1 Å². The second kappa shape index (κ2) is 6.80. The molecule has 2 N–H and O–H groups in total. The summed E-state index contributed by atoms with van der Waals surface area (Å²) in [6.45, 7) is 2.94. The molecule has 1 heterocycles. The van der Waals surface area contributed by atoms with Crippen molar-refractivity contribution in [1.29, 1.82) is 0 Å². The number of amides is 1. The van der Waals surface area contributed by atoms with Crippen LogP contribution in [0.25, 0.3) is 0 Å². The van der Waals surface area contributed by atoms with E-state index in [1.54, 1.807) is 0 Å². The highest BCUT2D eigenvalue weighted by molar-refractivity contribution is 9.10. The van der Waals surface area contributed by atoms with Crippen molar-refractivity contribution in [1.82, 2.24) is 5.32 Å². The Balaban J connectivity index is 2.41. The summed E-state index contributed by atoms with van der Waals surface area (Å²) in [5, 5.41) is 11.8. The first-order valence-corrected chi connectivity index (χ1v) is 7.97. The molecule has 0 radical (unpaired) electrons. The molecule has 0 saturated carbocycles. The van der Waals surface area contributed by atoms with E-state index in [9.17, 15) is 4.79 Å². The summed E-state index contributed by atoms with van der Waals surface area (Å²) in [6.07, 6.45) is -1.15. The molecule has 0 atom stereocenters. The first-order chi connectivity index (χ1) is 9.52. The predicted molar refractivity (Wildman–Crippen MR) is 84.0 cm³/mol. The average molecular weight is 380 g/mol. The number of ether oxygens (including phenoxy) is 1. The lowest BCUT2D eigenvalue weighted by Crippen LogP contribution is -2.26. The normalized spacial score (nSPS) is 14.2. The van der Waals surface area contributed by atoms with Gasteiger partial charge in [-0.15, -0.1) is 0 Å². The SMILES string of the molecule is CCSC(=Nc1cc2c(c(Br)c1Cl)COC2)NC(=O)O. The van der Waals surface area contributed by atoms with E-state index in [0.29, 0.717) is 34.8 Å². The number of hydrogen-bond acceptors (Lipinski definition) is 4. The lowest BCUT2D eigenvalue weighted by molar-refractivity contribution is 0.134. The van der Waals surface area contributed by atoms with E-state index in [-0.39, 0.29) is 0 Å². The minimum absolute atomic E-state index is 0.299. The first kappa shape index (κ1) is 15.6. The maximum Gasteiger partial charge on any atom is 0.410 e. The molecule has 1 aliphatic rings. The summed E-state index contributed by atoms with van der Waals surface area (Å²) in [5.74, 6) is 0.700. The van der Waals surface area contributed by atoms with Crippen molar-refractivity contribution in [2.45, 2.75) is 20.1 Å². The van der Waals surface area contributed by atoms with Crippen LogP contribution in [0.3, 0.4) is 0 Å². The Kier molecular flexibility index (Phi) is 5.31. The van der Waals surface area contributed by atoms with E-state index in [1.807, 2.05) is 13.0 Å². The van der Waals surface area contributed by atoms with Crippen LogP contribution in [0, 0.1) is 0 Å². The van der Waals surface area contributed by atoms with E-state index in [2.05, 4.69) is 26.2 Å². The Bertz CT molecular complexity index is 580. The van der Waals surface area contributed by atoms with Crippen LogP contribution in [0.2, 0.25) is 5.02 Å². The van der Waals surface area contributed by atoms with Crippen LogP contribution in [0.4, 0.5) is 10.5 Å². The van der Waals surface area contributed by atoms with Gasteiger partial charge in [-0.05, 0) is 38.9 Å². The van der Waals surface area contributed by atoms with Crippen molar-refractivity contribution in [3.05, 3.63) is 26.7 Å². The standard InChI is InChI=1S/C12H12BrClN2O3S/c1-2-20-11(16-12(17)18)15-8-3-6-4-19-5-7(6)9(13)10(8)14/h3H,2,4-5H2,1H3,(H,15,16)(H,17,18). The lowest BCUT2D eigenvalue weighted by atomic mass is 10.1. The zero-order chi connectivity index (χ0) is 14.7. The van der Waals surface area contributed by atoms with Gasteiger partial charge >= 0.3 is 6.09 Å². The number of thioether (sulfide) groups is 1. The first-order valence-electron chi connectivity index (χ1n) is 5.81. The lowest BCUT2D eigenvalue weighted by Gasteiger charge is -2.09. The van der Waals surface area contributed by atoms with Gasteiger partial charge in [-0.3, -0.25) is 5.32 Å². The highest BCUT2D eigenvalue weighted by Crippen LogP contribution is 2.40. The Hall–Kier alpha value is -0.760. The summed E-state index contributed by atoms with van der Waals surface area (Å²) in [5.41, 5.74) is 2.55. The minimum atomic E-state index is -1.15. The third-order valence-corrected chi connectivity index (χ3v) is 4.84. The van der Waals surface area contributed by atoms with Crippen molar-refractivity contribution in [3.63, 3.8) is 0 Å². The van der Waals surface area contributed by atoms with Crippen LogP contribution >= 0.6 is 39.3 Å². The molecule has 1 aromatic rings. The van der Waals surface area contributed by atoms with Gasteiger partial charge in [0.25, 0.3) is 0 Å². The Morgan fingerprint density at radius 1 is 1.65 bits per heavy atom. The maximum absolute atomic E-state index is 10.7. The predicted octanol–water partition coefficient (Wildman–Crippen LogP) is 4.14. The van der Waals surface area contributed by atoms with Gasteiger partial charge in [0.05, 0.1) is 23.9 Å². The number of amidine groups is 1. The second-order valence-electron chi connectivity index (χ2n) is 3.93. The minimum Gasteiger partial charge on any atom is -0.465 e. The number of aliphatic imine (C=N–C) groups is 1. The van der Waals surface area contributed by atoms with Gasteiger partial charge in [0, 0.05) is 4.47 Å². The number of carbonyl (C=O) groups is 1. The van der Waals surface area contributed by atoms with Crippen LogP contribution in [0.1, 0.15) is 18.1 Å². The van der Waals surface area contributed by atoms with Gasteiger partial charge in [-0.2, -0.15) is 0 Å². The summed E-state index contributed by atoms with van der Waals surface area (Å²) in [4.78, 5) is 15.0. The van der Waals surface area contributed by atoms with Gasteiger partial charge in [0.2, 0.25) is 0 Å². The molecule has 20 heavy (non-hydrogen) atoms. The number of halogens is 2. The third-order valence-electron chi connectivity index (χ3n) is 2.60. The fourth-order valence-electron chi connectivity index (χ4n) is 1.76. The molecule has 0 fully saturated rings. The van der Waals surface area contributed by atoms with Crippen molar-refractivity contribution in [2.24, 2.45) is 4.99 Å². The molecule has 1 aromatic carbocycles. The molecule has 0 aliphatic carbocycles. The Labute approximate surface area is 133 Å². The quantitative estimate of drug-likeness (QED) is 0.598. The summed E-state index contributed by atoms with van der Waals surface area (Å²) in [7, 11) is 0. The van der Waals surface area contributed by atoms with Gasteiger partial charge in [0.15, 0.2) is 5.17 Å². The van der Waals surface area contributed by atoms with Crippen LogP contribution in [0.15, 0.2) is 15.5 Å². The molecule has 108 valence electrons. The number of carboxylic acid groups (broad SMARTS) is 1. The van der Waals surface area contributed by atoms with E-state index in [4.69, 9.17) is 21.4 Å². The molecular weight excluding hydrogens is 368 g/mol. The molecule has 1 aliphatic heterocycles. The summed E-state index contributed by atoms with van der Waals surface area (Å²) >= 11 is 11.0. The molecule has 0 spiro atoms. The maximum atomic E-state index is 10.7. The van der Waals surface area contributed by atoms with Crippen LogP contribution in [-0.2, 0) is 18.0 Å².